The van der Waals surface area contributed by atoms with Crippen molar-refractivity contribution in [2.24, 2.45) is 0 Å². The van der Waals surface area contributed by atoms with Crippen molar-refractivity contribution >= 4 is 24.4 Å². The van der Waals surface area contributed by atoms with E-state index in [9.17, 15) is 17.3 Å². The zero-order chi connectivity index (χ0) is 12.9. The molecule has 1 aromatic heterocycles. The molecule has 0 fully saturated rings. The average molecular weight is 243 g/mol. The molecule has 17 heavy (non-hydrogen) atoms. The highest BCUT2D eigenvalue weighted by atomic mass is 19.5. The summed E-state index contributed by atoms with van der Waals surface area (Å²) in [5.41, 5.74) is 1.19. The van der Waals surface area contributed by atoms with Crippen LogP contribution in [0.15, 0.2) is 49.2 Å². The summed E-state index contributed by atoms with van der Waals surface area (Å²) >= 11 is 0. The van der Waals surface area contributed by atoms with Gasteiger partial charge in [-0.3, -0.25) is 0 Å². The molecule has 1 heterocycles. The number of hydrogen-bond donors (Lipinski definition) is 0. The lowest BCUT2D eigenvalue weighted by molar-refractivity contribution is -0.538. The second-order valence-corrected chi connectivity index (χ2v) is 3.15. The summed E-state index contributed by atoms with van der Waals surface area (Å²) < 4.78 is 41.0. The molecule has 2 aromatic rings. The summed E-state index contributed by atoms with van der Waals surface area (Å²) in [6, 6.07) is 12.4. The molecule has 0 saturated carbocycles. The number of fused-ring (bicyclic) bond motifs is 1. The van der Waals surface area contributed by atoms with Crippen LogP contribution in [0.3, 0.4) is 0 Å². The zero-order valence-electron chi connectivity index (χ0n) is 8.86. The van der Waals surface area contributed by atoms with E-state index in [1.165, 1.54) is 10.9 Å². The monoisotopic (exact) mass is 243 g/mol. The number of nitrogens with zero attached hydrogens (tertiary/aromatic N) is 1. The standard InChI is InChI=1S/C11H10N.BF4/c1-2-12-9-5-7-10-6-3-4-8-11(10)12;2-1(3,4)5/h2-9H,1H2;/q+1;-1. The Bertz CT molecular complexity index is 499. The Balaban J connectivity index is 0.000000249. The lowest BCUT2D eigenvalue weighted by Crippen LogP contribution is -2.25. The Hall–Kier alpha value is -1.85. The lowest BCUT2D eigenvalue weighted by atomic mass is 10.2. The predicted octanol–water partition coefficient (Wildman–Crippen LogP) is 3.53. The van der Waals surface area contributed by atoms with Gasteiger partial charge in [0.25, 0.3) is 0 Å². The van der Waals surface area contributed by atoms with E-state index >= 15 is 0 Å². The molecule has 0 bridgehead atoms. The number of pyridine rings is 1. The van der Waals surface area contributed by atoms with Crippen LogP contribution in [0.5, 0.6) is 0 Å². The van der Waals surface area contributed by atoms with Crippen LogP contribution in [0.2, 0.25) is 0 Å². The minimum atomic E-state index is -6.00. The maximum atomic E-state index is 9.75. The molecule has 0 atom stereocenters. The van der Waals surface area contributed by atoms with Gasteiger partial charge in [0.2, 0.25) is 5.52 Å². The quantitative estimate of drug-likeness (QED) is 0.409. The fourth-order valence-corrected chi connectivity index (χ4v) is 1.34. The highest BCUT2D eigenvalue weighted by Gasteiger charge is 2.20. The van der Waals surface area contributed by atoms with Crippen LogP contribution in [0.25, 0.3) is 17.1 Å². The zero-order valence-corrected chi connectivity index (χ0v) is 8.86. The van der Waals surface area contributed by atoms with Crippen molar-refractivity contribution in [3.8, 4) is 0 Å². The van der Waals surface area contributed by atoms with E-state index in [1.807, 2.05) is 35.2 Å². The van der Waals surface area contributed by atoms with Gasteiger partial charge in [-0.25, -0.2) is 0 Å². The minimum Gasteiger partial charge on any atom is -0.418 e. The van der Waals surface area contributed by atoms with E-state index in [-0.39, 0.29) is 0 Å². The third-order valence-electron chi connectivity index (χ3n) is 1.93. The molecule has 90 valence electrons. The van der Waals surface area contributed by atoms with Gasteiger partial charge in [-0.1, -0.05) is 12.1 Å². The molecule has 0 N–H and O–H groups in total. The number of hydrogen-bond acceptors (Lipinski definition) is 0. The Morgan fingerprint density at radius 3 is 2.12 bits per heavy atom. The average Bonchev–Trinajstić information content (AvgIpc) is 2.26. The molecule has 0 aliphatic heterocycles. The van der Waals surface area contributed by atoms with Gasteiger partial charge in [0, 0.05) is 17.5 Å². The van der Waals surface area contributed by atoms with Crippen molar-refractivity contribution in [1.29, 1.82) is 0 Å². The fraction of sp³-hybridized carbons (Fsp3) is 0. The molecule has 2 rings (SSSR count). The summed E-state index contributed by atoms with van der Waals surface area (Å²) in [5.74, 6) is 0. The molecular formula is C11H10BF4N. The first-order valence-electron chi connectivity index (χ1n) is 4.80. The number of aromatic nitrogens is 1. The van der Waals surface area contributed by atoms with Gasteiger partial charge in [-0.2, -0.15) is 4.57 Å². The molecule has 0 unspecified atom stereocenters. The molecule has 0 spiro atoms. The van der Waals surface area contributed by atoms with Gasteiger partial charge in [0.05, 0.1) is 0 Å². The van der Waals surface area contributed by atoms with E-state index in [0.717, 1.165) is 0 Å². The van der Waals surface area contributed by atoms with Crippen LogP contribution in [-0.4, -0.2) is 7.25 Å². The van der Waals surface area contributed by atoms with Crippen molar-refractivity contribution in [2.75, 3.05) is 0 Å². The van der Waals surface area contributed by atoms with Crippen molar-refractivity contribution in [2.45, 2.75) is 0 Å². The molecule has 0 aliphatic carbocycles. The SMILES string of the molecule is C=C[n+]1cccc2ccccc21.F[B-](F)(F)F. The normalized spacial score (nSPS) is 10.6. The summed E-state index contributed by atoms with van der Waals surface area (Å²) in [4.78, 5) is 0. The summed E-state index contributed by atoms with van der Waals surface area (Å²) in [6.07, 6.45) is 3.80. The first-order valence-corrected chi connectivity index (χ1v) is 4.80. The van der Waals surface area contributed by atoms with Crippen molar-refractivity contribution in [3.63, 3.8) is 0 Å². The first-order chi connectivity index (χ1) is 7.92. The molecule has 6 heteroatoms. The van der Waals surface area contributed by atoms with E-state index in [4.69, 9.17) is 0 Å². The lowest BCUT2D eigenvalue weighted by Gasteiger charge is -1.94. The van der Waals surface area contributed by atoms with Gasteiger partial charge in [-0.15, -0.1) is 0 Å². The smallest absolute Gasteiger partial charge is 0.418 e. The van der Waals surface area contributed by atoms with Crippen LogP contribution in [0.4, 0.5) is 17.3 Å². The maximum absolute atomic E-state index is 9.75. The Morgan fingerprint density at radius 2 is 1.53 bits per heavy atom. The van der Waals surface area contributed by atoms with Gasteiger partial charge in [-0.05, 0) is 18.7 Å². The predicted molar refractivity (Wildman–Crippen MR) is 60.7 cm³/mol. The first kappa shape index (κ1) is 13.2. The van der Waals surface area contributed by atoms with Crippen LogP contribution in [0.1, 0.15) is 0 Å². The van der Waals surface area contributed by atoms with Crippen molar-refractivity contribution in [3.05, 3.63) is 49.2 Å². The Labute approximate surface area is 96.1 Å². The topological polar surface area (TPSA) is 3.88 Å². The Morgan fingerprint density at radius 1 is 1.00 bits per heavy atom. The van der Waals surface area contributed by atoms with Crippen LogP contribution in [0, 0.1) is 0 Å². The van der Waals surface area contributed by atoms with Crippen LogP contribution < -0.4 is 4.57 Å². The molecule has 0 radical (unpaired) electrons. The van der Waals surface area contributed by atoms with E-state index in [0.29, 0.717) is 0 Å². The molecule has 0 amide bonds. The maximum Gasteiger partial charge on any atom is 0.673 e. The van der Waals surface area contributed by atoms with Crippen molar-refractivity contribution < 1.29 is 21.8 Å². The number of rotatable bonds is 1. The molecule has 0 saturated heterocycles. The third-order valence-corrected chi connectivity index (χ3v) is 1.93. The van der Waals surface area contributed by atoms with Crippen LogP contribution >= 0.6 is 0 Å². The fourth-order valence-electron chi connectivity index (χ4n) is 1.34. The number of benzene rings is 1. The van der Waals surface area contributed by atoms with E-state index in [2.05, 4.69) is 24.8 Å². The molecule has 1 nitrogen and oxygen atoms in total. The summed E-state index contributed by atoms with van der Waals surface area (Å²) in [7, 11) is -6.00. The van der Waals surface area contributed by atoms with Crippen molar-refractivity contribution in [1.82, 2.24) is 0 Å². The number of halogens is 4. The van der Waals surface area contributed by atoms with Gasteiger partial charge < -0.3 is 17.3 Å². The second-order valence-electron chi connectivity index (χ2n) is 3.15. The largest absolute Gasteiger partial charge is 0.673 e. The minimum absolute atomic E-state index is 1.19. The van der Waals surface area contributed by atoms with E-state index < -0.39 is 7.25 Å². The molecule has 0 aliphatic rings. The van der Waals surface area contributed by atoms with Gasteiger partial charge in [0.15, 0.2) is 12.4 Å². The molecular weight excluding hydrogens is 233 g/mol. The highest BCUT2D eigenvalue weighted by molar-refractivity contribution is 6.50. The number of para-hydroxylation sites is 1. The molecule has 1 aromatic carbocycles. The highest BCUT2D eigenvalue weighted by Crippen LogP contribution is 2.07. The van der Waals surface area contributed by atoms with Gasteiger partial charge in [0.1, 0.15) is 0 Å². The van der Waals surface area contributed by atoms with E-state index in [1.54, 1.807) is 0 Å². The third kappa shape index (κ3) is 4.67. The summed E-state index contributed by atoms with van der Waals surface area (Å²) in [5, 5.41) is 1.24. The summed E-state index contributed by atoms with van der Waals surface area (Å²) in [6.45, 7) is 3.74. The second kappa shape index (κ2) is 5.47. The van der Waals surface area contributed by atoms with Crippen LogP contribution in [-0.2, 0) is 0 Å². The van der Waals surface area contributed by atoms with Gasteiger partial charge >= 0.3 is 7.25 Å². The Kier molecular flexibility index (Phi) is 4.26.